The van der Waals surface area contributed by atoms with Gasteiger partial charge in [0.2, 0.25) is 5.91 Å². The standard InChI is InChI=1S/C21H21Cl2N3O4/c1-13-10-15(22)14(20(23)24-13)11-19(27)26-12-18(21(28)25-6-8-29-9-7-25)30-17-5-3-2-4-16(17)26/h2-5,10,18H,6-9,11-12H2,1H3. The molecule has 2 aliphatic rings. The van der Waals surface area contributed by atoms with Crippen molar-refractivity contribution in [3.8, 4) is 5.75 Å². The Bertz CT molecular complexity index is 955. The minimum Gasteiger partial charge on any atom is -0.476 e. The van der Waals surface area contributed by atoms with Crippen LogP contribution in [0.1, 0.15) is 11.3 Å². The average Bonchev–Trinajstić information content (AvgIpc) is 2.75. The molecule has 158 valence electrons. The van der Waals surface area contributed by atoms with Gasteiger partial charge < -0.3 is 19.3 Å². The van der Waals surface area contributed by atoms with Crippen LogP contribution in [0.2, 0.25) is 10.2 Å². The number of aryl methyl sites for hydroxylation is 1. The Morgan fingerprint density at radius 3 is 2.67 bits per heavy atom. The molecule has 2 aliphatic heterocycles. The third-order valence-corrected chi connectivity index (χ3v) is 5.80. The smallest absolute Gasteiger partial charge is 0.265 e. The lowest BCUT2D eigenvalue weighted by Crippen LogP contribution is -2.54. The Kier molecular flexibility index (Phi) is 6.13. The van der Waals surface area contributed by atoms with E-state index in [0.29, 0.717) is 54.0 Å². The van der Waals surface area contributed by atoms with Crippen molar-refractivity contribution in [3.05, 3.63) is 51.8 Å². The molecular formula is C21H21Cl2N3O4. The minimum absolute atomic E-state index is 0.0300. The molecule has 0 aliphatic carbocycles. The summed E-state index contributed by atoms with van der Waals surface area (Å²) in [7, 11) is 0. The number of carbonyl (C=O) groups excluding carboxylic acids is 2. The van der Waals surface area contributed by atoms with Crippen LogP contribution in [-0.4, -0.2) is 60.7 Å². The maximum atomic E-state index is 13.2. The van der Waals surface area contributed by atoms with Crippen molar-refractivity contribution in [1.82, 2.24) is 9.88 Å². The second-order valence-electron chi connectivity index (χ2n) is 7.21. The van der Waals surface area contributed by atoms with E-state index in [4.69, 9.17) is 32.7 Å². The molecule has 1 fully saturated rings. The number of halogens is 2. The number of para-hydroxylation sites is 2. The highest BCUT2D eigenvalue weighted by Crippen LogP contribution is 2.35. The molecular weight excluding hydrogens is 429 g/mol. The normalized spacial score (nSPS) is 18.6. The lowest BCUT2D eigenvalue weighted by Gasteiger charge is -2.37. The number of ether oxygens (including phenoxy) is 2. The first-order chi connectivity index (χ1) is 14.4. The molecule has 1 aromatic heterocycles. The first-order valence-electron chi connectivity index (χ1n) is 9.68. The number of rotatable bonds is 3. The number of nitrogens with zero attached hydrogens (tertiary/aromatic N) is 3. The summed E-state index contributed by atoms with van der Waals surface area (Å²) in [5, 5.41) is 0.596. The lowest BCUT2D eigenvalue weighted by atomic mass is 10.1. The highest BCUT2D eigenvalue weighted by atomic mass is 35.5. The third-order valence-electron chi connectivity index (χ3n) is 5.15. The van der Waals surface area contributed by atoms with Gasteiger partial charge in [-0.3, -0.25) is 9.59 Å². The Balaban J connectivity index is 1.59. The van der Waals surface area contributed by atoms with Crippen LogP contribution in [0.15, 0.2) is 30.3 Å². The summed E-state index contributed by atoms with van der Waals surface area (Å²) >= 11 is 12.5. The van der Waals surface area contributed by atoms with E-state index >= 15 is 0 Å². The van der Waals surface area contributed by atoms with E-state index in [9.17, 15) is 9.59 Å². The molecule has 1 saturated heterocycles. The molecule has 2 amide bonds. The SMILES string of the molecule is Cc1cc(Cl)c(CC(=O)N2CC(C(=O)N3CCOCC3)Oc3ccccc32)c(Cl)n1. The minimum atomic E-state index is -0.788. The molecule has 0 saturated carbocycles. The lowest BCUT2D eigenvalue weighted by molar-refractivity contribution is -0.142. The van der Waals surface area contributed by atoms with Gasteiger partial charge in [0.05, 0.1) is 31.9 Å². The van der Waals surface area contributed by atoms with E-state index in [1.807, 2.05) is 6.07 Å². The second-order valence-corrected chi connectivity index (χ2v) is 7.97. The Hall–Kier alpha value is -2.35. The summed E-state index contributed by atoms with van der Waals surface area (Å²) in [6.07, 6.45) is -0.818. The van der Waals surface area contributed by atoms with Crippen molar-refractivity contribution >= 4 is 40.7 Å². The molecule has 1 unspecified atom stereocenters. The van der Waals surface area contributed by atoms with E-state index in [1.165, 1.54) is 0 Å². The molecule has 0 radical (unpaired) electrons. The van der Waals surface area contributed by atoms with Gasteiger partial charge in [0.1, 0.15) is 10.9 Å². The van der Waals surface area contributed by atoms with Crippen LogP contribution < -0.4 is 9.64 Å². The zero-order valence-electron chi connectivity index (χ0n) is 16.4. The van der Waals surface area contributed by atoms with E-state index in [2.05, 4.69) is 4.98 Å². The Morgan fingerprint density at radius 1 is 1.20 bits per heavy atom. The molecule has 1 atom stereocenters. The maximum Gasteiger partial charge on any atom is 0.265 e. The summed E-state index contributed by atoms with van der Waals surface area (Å²) in [6.45, 7) is 3.90. The zero-order chi connectivity index (χ0) is 21.3. The van der Waals surface area contributed by atoms with Gasteiger partial charge in [-0.05, 0) is 25.1 Å². The zero-order valence-corrected chi connectivity index (χ0v) is 17.9. The van der Waals surface area contributed by atoms with Crippen LogP contribution in [0.3, 0.4) is 0 Å². The number of hydrogen-bond donors (Lipinski definition) is 0. The number of amides is 2. The van der Waals surface area contributed by atoms with Crippen LogP contribution in [0.5, 0.6) is 5.75 Å². The summed E-state index contributed by atoms with van der Waals surface area (Å²) in [5.74, 6) is 0.0987. The fourth-order valence-corrected chi connectivity index (χ4v) is 4.28. The Morgan fingerprint density at radius 2 is 1.93 bits per heavy atom. The summed E-state index contributed by atoms with van der Waals surface area (Å²) in [5.41, 5.74) is 1.75. The van der Waals surface area contributed by atoms with E-state index < -0.39 is 6.10 Å². The van der Waals surface area contributed by atoms with Crippen LogP contribution >= 0.6 is 23.2 Å². The number of hydrogen-bond acceptors (Lipinski definition) is 5. The monoisotopic (exact) mass is 449 g/mol. The predicted octanol–water partition coefficient (Wildman–Crippen LogP) is 2.89. The predicted molar refractivity (Wildman–Crippen MR) is 113 cm³/mol. The highest BCUT2D eigenvalue weighted by Gasteiger charge is 2.36. The molecule has 2 aromatic rings. The quantitative estimate of drug-likeness (QED) is 0.673. The van der Waals surface area contributed by atoms with Crippen molar-refractivity contribution < 1.29 is 19.1 Å². The third kappa shape index (κ3) is 4.24. The topological polar surface area (TPSA) is 72.0 Å². The molecule has 4 rings (SSSR count). The number of aromatic nitrogens is 1. The maximum absolute atomic E-state index is 13.2. The second kappa shape index (κ2) is 8.79. The first-order valence-corrected chi connectivity index (χ1v) is 10.4. The molecule has 0 spiro atoms. The molecule has 3 heterocycles. The van der Waals surface area contributed by atoms with Gasteiger partial charge in [0.25, 0.3) is 5.91 Å². The van der Waals surface area contributed by atoms with E-state index in [1.54, 1.807) is 41.0 Å². The fourth-order valence-electron chi connectivity index (χ4n) is 3.61. The number of morpholine rings is 1. The van der Waals surface area contributed by atoms with Gasteiger partial charge in [-0.2, -0.15) is 0 Å². The van der Waals surface area contributed by atoms with Crippen LogP contribution in [0.4, 0.5) is 5.69 Å². The summed E-state index contributed by atoms with van der Waals surface area (Å²) in [4.78, 5) is 33.7. The van der Waals surface area contributed by atoms with Crippen molar-refractivity contribution in [2.45, 2.75) is 19.4 Å². The molecule has 30 heavy (non-hydrogen) atoms. The molecule has 0 bridgehead atoms. The molecule has 0 N–H and O–H groups in total. The number of benzene rings is 1. The van der Waals surface area contributed by atoms with Crippen molar-refractivity contribution in [3.63, 3.8) is 0 Å². The summed E-state index contributed by atoms with van der Waals surface area (Å²) in [6, 6.07) is 8.84. The first kappa shape index (κ1) is 20.9. The van der Waals surface area contributed by atoms with Crippen molar-refractivity contribution in [2.24, 2.45) is 0 Å². The number of fused-ring (bicyclic) bond motifs is 1. The van der Waals surface area contributed by atoms with Gasteiger partial charge in [-0.1, -0.05) is 35.3 Å². The van der Waals surface area contributed by atoms with Gasteiger partial charge in [-0.15, -0.1) is 0 Å². The summed E-state index contributed by atoms with van der Waals surface area (Å²) < 4.78 is 11.3. The van der Waals surface area contributed by atoms with Gasteiger partial charge >= 0.3 is 0 Å². The van der Waals surface area contributed by atoms with E-state index in [0.717, 1.165) is 0 Å². The van der Waals surface area contributed by atoms with Crippen LogP contribution in [0.25, 0.3) is 0 Å². The van der Waals surface area contributed by atoms with Crippen LogP contribution in [0, 0.1) is 6.92 Å². The fraction of sp³-hybridized carbons (Fsp3) is 0.381. The van der Waals surface area contributed by atoms with Gasteiger partial charge in [0, 0.05) is 29.4 Å². The molecule has 9 heteroatoms. The average molecular weight is 450 g/mol. The van der Waals surface area contributed by atoms with Crippen molar-refractivity contribution in [2.75, 3.05) is 37.7 Å². The van der Waals surface area contributed by atoms with Gasteiger partial charge in [0.15, 0.2) is 6.10 Å². The Labute approximate surface area is 184 Å². The van der Waals surface area contributed by atoms with E-state index in [-0.39, 0.29) is 29.9 Å². The highest BCUT2D eigenvalue weighted by molar-refractivity contribution is 6.35. The van der Waals surface area contributed by atoms with Gasteiger partial charge in [-0.25, -0.2) is 4.98 Å². The molecule has 1 aromatic carbocycles. The number of anilines is 1. The largest absolute Gasteiger partial charge is 0.476 e. The van der Waals surface area contributed by atoms with Crippen LogP contribution in [-0.2, 0) is 20.7 Å². The van der Waals surface area contributed by atoms with Crippen molar-refractivity contribution in [1.29, 1.82) is 0 Å². The number of carbonyl (C=O) groups is 2. The molecule has 7 nitrogen and oxygen atoms in total. The number of pyridine rings is 1.